The molecule has 4 heterocycles. The van der Waals surface area contributed by atoms with E-state index >= 15 is 0 Å². The van der Waals surface area contributed by atoms with Crippen LogP contribution in [0.4, 0.5) is 16.3 Å². The highest BCUT2D eigenvalue weighted by atomic mass is 16.4. The predicted molar refractivity (Wildman–Crippen MR) is 105 cm³/mol. The molecule has 140 valence electrons. The minimum absolute atomic E-state index is 0.390. The van der Waals surface area contributed by atoms with Gasteiger partial charge in [-0.25, -0.2) is 14.8 Å². The van der Waals surface area contributed by atoms with Crippen LogP contribution in [0.25, 0.3) is 27.5 Å². The topological polar surface area (TPSA) is 123 Å². The number of aromatic nitrogens is 5. The van der Waals surface area contributed by atoms with Crippen LogP contribution in [0.15, 0.2) is 42.9 Å². The zero-order chi connectivity index (χ0) is 19.1. The fraction of sp³-hybridized carbons (Fsp3) is 0.158. The summed E-state index contributed by atoms with van der Waals surface area (Å²) < 4.78 is 0. The molecule has 5 rings (SSSR count). The fourth-order valence-electron chi connectivity index (χ4n) is 3.46. The fourth-order valence-corrected chi connectivity index (χ4v) is 3.46. The van der Waals surface area contributed by atoms with Crippen molar-refractivity contribution in [2.75, 3.05) is 18.4 Å². The first-order chi connectivity index (χ1) is 13.7. The third kappa shape index (κ3) is 2.82. The summed E-state index contributed by atoms with van der Waals surface area (Å²) in [5.41, 5.74) is 4.64. The van der Waals surface area contributed by atoms with Crippen LogP contribution in [0.2, 0.25) is 0 Å². The first-order valence-corrected chi connectivity index (χ1v) is 8.88. The molecule has 0 fully saturated rings. The molecule has 1 aliphatic heterocycles. The van der Waals surface area contributed by atoms with Crippen LogP contribution in [-0.2, 0) is 0 Å². The number of hydrogen-bond donors (Lipinski definition) is 4. The molecule has 0 radical (unpaired) electrons. The summed E-state index contributed by atoms with van der Waals surface area (Å²) in [5.74, 6) is 0.707. The molecule has 0 spiro atoms. The maximum atomic E-state index is 11.1. The van der Waals surface area contributed by atoms with Crippen LogP contribution >= 0.6 is 0 Å². The highest BCUT2D eigenvalue weighted by Gasteiger charge is 2.18. The number of carboxylic acid groups (broad SMARTS) is 1. The van der Waals surface area contributed by atoms with Gasteiger partial charge in [-0.05, 0) is 36.3 Å². The minimum atomic E-state index is -0.890. The Bertz CT molecular complexity index is 1220. The molecule has 1 amide bonds. The third-order valence-corrected chi connectivity index (χ3v) is 4.95. The smallest absolute Gasteiger partial charge is 0.407 e. The lowest BCUT2D eigenvalue weighted by atomic mass is 10.1. The Morgan fingerprint density at radius 1 is 1.25 bits per heavy atom. The van der Waals surface area contributed by atoms with E-state index in [9.17, 15) is 4.79 Å². The first-order valence-electron chi connectivity index (χ1n) is 8.88. The van der Waals surface area contributed by atoms with Crippen molar-refractivity contribution in [1.82, 2.24) is 30.0 Å². The van der Waals surface area contributed by atoms with Gasteiger partial charge in [-0.1, -0.05) is 6.08 Å². The normalized spacial score (nSPS) is 14.4. The number of nitrogens with zero attached hydrogens (tertiary/aromatic N) is 4. The molecule has 4 N–H and O–H groups in total. The number of rotatable bonds is 3. The van der Waals surface area contributed by atoms with E-state index in [4.69, 9.17) is 5.11 Å². The van der Waals surface area contributed by atoms with Gasteiger partial charge in [-0.3, -0.25) is 5.10 Å². The van der Waals surface area contributed by atoms with Gasteiger partial charge in [-0.15, -0.1) is 0 Å². The zero-order valence-electron chi connectivity index (χ0n) is 14.8. The first kappa shape index (κ1) is 16.3. The Morgan fingerprint density at radius 3 is 3.00 bits per heavy atom. The van der Waals surface area contributed by atoms with E-state index in [0.717, 1.165) is 38.9 Å². The molecule has 9 nitrogen and oxygen atoms in total. The molecule has 1 aromatic carbocycles. The van der Waals surface area contributed by atoms with Crippen molar-refractivity contribution in [2.24, 2.45) is 0 Å². The molecule has 0 atom stereocenters. The average Bonchev–Trinajstić information content (AvgIpc) is 3.35. The van der Waals surface area contributed by atoms with Gasteiger partial charge in [0.05, 0.1) is 17.1 Å². The lowest BCUT2D eigenvalue weighted by Crippen LogP contribution is -2.33. The van der Waals surface area contributed by atoms with E-state index < -0.39 is 6.09 Å². The second kappa shape index (κ2) is 6.38. The van der Waals surface area contributed by atoms with Crippen LogP contribution in [0, 0.1) is 0 Å². The van der Waals surface area contributed by atoms with Gasteiger partial charge in [0.2, 0.25) is 0 Å². The van der Waals surface area contributed by atoms with Crippen molar-refractivity contribution < 1.29 is 9.90 Å². The molecule has 0 bridgehead atoms. The number of nitrogens with one attached hydrogen (secondary N) is 3. The van der Waals surface area contributed by atoms with Crippen molar-refractivity contribution in [3.63, 3.8) is 0 Å². The summed E-state index contributed by atoms with van der Waals surface area (Å²) in [6, 6.07) is 7.94. The van der Waals surface area contributed by atoms with Gasteiger partial charge in [0.15, 0.2) is 0 Å². The van der Waals surface area contributed by atoms with Crippen molar-refractivity contribution in [3.8, 4) is 0 Å². The molecule has 0 aliphatic carbocycles. The Morgan fingerprint density at radius 2 is 2.18 bits per heavy atom. The highest BCUT2D eigenvalue weighted by Crippen LogP contribution is 2.29. The van der Waals surface area contributed by atoms with Gasteiger partial charge in [0.25, 0.3) is 0 Å². The molecule has 0 saturated heterocycles. The number of anilines is 2. The van der Waals surface area contributed by atoms with E-state index in [1.807, 2.05) is 30.3 Å². The summed E-state index contributed by atoms with van der Waals surface area (Å²) >= 11 is 0. The number of carbonyl (C=O) groups is 1. The maximum absolute atomic E-state index is 11.1. The second-order valence-corrected chi connectivity index (χ2v) is 6.67. The Hall–Kier alpha value is -3.88. The van der Waals surface area contributed by atoms with Gasteiger partial charge in [0, 0.05) is 29.9 Å². The van der Waals surface area contributed by atoms with E-state index in [-0.39, 0.29) is 0 Å². The monoisotopic (exact) mass is 375 g/mol. The maximum Gasteiger partial charge on any atom is 0.407 e. The molecule has 9 heteroatoms. The lowest BCUT2D eigenvalue weighted by molar-refractivity contribution is 0.150. The average molecular weight is 375 g/mol. The lowest BCUT2D eigenvalue weighted by Gasteiger charge is -2.23. The number of aromatic amines is 2. The van der Waals surface area contributed by atoms with Crippen LogP contribution < -0.4 is 5.32 Å². The van der Waals surface area contributed by atoms with Crippen molar-refractivity contribution >= 4 is 45.1 Å². The number of amides is 1. The van der Waals surface area contributed by atoms with Gasteiger partial charge < -0.3 is 20.3 Å². The van der Waals surface area contributed by atoms with E-state index in [1.54, 1.807) is 6.20 Å². The van der Waals surface area contributed by atoms with Gasteiger partial charge in [-0.2, -0.15) is 5.10 Å². The number of fused-ring (bicyclic) bond motifs is 2. The summed E-state index contributed by atoms with van der Waals surface area (Å²) in [5, 5.41) is 21.3. The quantitative estimate of drug-likeness (QED) is 0.435. The summed E-state index contributed by atoms with van der Waals surface area (Å²) in [4.78, 5) is 24.5. The largest absolute Gasteiger partial charge is 0.465 e. The molecule has 28 heavy (non-hydrogen) atoms. The zero-order valence-corrected chi connectivity index (χ0v) is 14.8. The highest BCUT2D eigenvalue weighted by molar-refractivity contribution is 5.93. The molecule has 0 unspecified atom stereocenters. The number of H-pyrrole nitrogens is 2. The van der Waals surface area contributed by atoms with E-state index in [2.05, 4.69) is 30.5 Å². The van der Waals surface area contributed by atoms with Crippen LogP contribution in [-0.4, -0.2) is 54.3 Å². The van der Waals surface area contributed by atoms with E-state index in [0.29, 0.717) is 25.3 Å². The van der Waals surface area contributed by atoms with Crippen LogP contribution in [0.3, 0.4) is 0 Å². The Labute approximate surface area is 159 Å². The molecular weight excluding hydrogens is 358 g/mol. The Kier molecular flexibility index (Phi) is 3.71. The number of hydrogen-bond acceptors (Lipinski definition) is 5. The van der Waals surface area contributed by atoms with Crippen molar-refractivity contribution in [2.45, 2.75) is 6.42 Å². The summed E-state index contributed by atoms with van der Waals surface area (Å²) in [6.07, 6.45) is 5.00. The van der Waals surface area contributed by atoms with Crippen molar-refractivity contribution in [3.05, 3.63) is 48.6 Å². The van der Waals surface area contributed by atoms with Gasteiger partial charge >= 0.3 is 6.09 Å². The third-order valence-electron chi connectivity index (χ3n) is 4.95. The molecule has 3 aromatic heterocycles. The van der Waals surface area contributed by atoms with Crippen LogP contribution in [0.5, 0.6) is 0 Å². The predicted octanol–water partition coefficient (Wildman–Crippen LogP) is 3.34. The molecule has 0 saturated carbocycles. The SMILES string of the molecule is O=C(O)N1CC=C(c2cc3c(Nc4ccc5[nH]ncc5c4)ncnc3[nH]2)CC1. The van der Waals surface area contributed by atoms with Crippen LogP contribution in [0.1, 0.15) is 12.1 Å². The van der Waals surface area contributed by atoms with E-state index in [1.165, 1.54) is 11.2 Å². The molecule has 4 aromatic rings. The molecule has 1 aliphatic rings. The van der Waals surface area contributed by atoms with Crippen molar-refractivity contribution in [1.29, 1.82) is 0 Å². The summed E-state index contributed by atoms with van der Waals surface area (Å²) in [7, 11) is 0. The van der Waals surface area contributed by atoms with Gasteiger partial charge in [0.1, 0.15) is 17.8 Å². The Balaban J connectivity index is 1.46. The standard InChI is InChI=1S/C19H17N7O2/c27-19(28)26-5-3-11(4-6-26)16-8-14-17(20-10-21-18(14)24-16)23-13-1-2-15-12(7-13)9-22-25-15/h1-3,7-10H,4-6H2,(H,22,25)(H,27,28)(H2,20,21,23,24). The number of benzene rings is 1. The second-order valence-electron chi connectivity index (χ2n) is 6.67. The summed E-state index contributed by atoms with van der Waals surface area (Å²) in [6.45, 7) is 0.875. The molecular formula is C19H17N7O2. The minimum Gasteiger partial charge on any atom is -0.465 e.